The second-order valence-electron chi connectivity index (χ2n) is 2.94. The van der Waals surface area contributed by atoms with Crippen molar-refractivity contribution in [1.29, 1.82) is 0 Å². The number of hydrogen-bond acceptors (Lipinski definition) is 3. The van der Waals surface area contributed by atoms with Crippen molar-refractivity contribution in [3.8, 4) is 5.75 Å². The van der Waals surface area contributed by atoms with E-state index in [1.165, 1.54) is 12.1 Å². The fourth-order valence-corrected chi connectivity index (χ4v) is 1.16. The largest absolute Gasteiger partial charge is 0.505 e. The molecule has 0 aliphatic heterocycles. The second-order valence-corrected chi connectivity index (χ2v) is 4.06. The number of rotatable bonds is 3. The average Bonchev–Trinajstić information content (AvgIpc) is 2.18. The highest BCUT2D eigenvalue weighted by Gasteiger charge is 2.11. The van der Waals surface area contributed by atoms with Crippen LogP contribution in [-0.4, -0.2) is 17.6 Å². The zero-order valence-corrected chi connectivity index (χ0v) is 9.54. The lowest BCUT2D eigenvalue weighted by atomic mass is 10.1. The van der Waals surface area contributed by atoms with Gasteiger partial charge < -0.3 is 16.2 Å². The van der Waals surface area contributed by atoms with Gasteiger partial charge in [-0.15, -0.1) is 0 Å². The number of aromatic hydroxyl groups is 1. The Hall–Kier alpha value is -1.49. The zero-order chi connectivity index (χ0) is 11.4. The molecular weight excluding hydrogens is 260 g/mol. The highest BCUT2D eigenvalue weighted by Crippen LogP contribution is 2.24. The second kappa shape index (κ2) is 4.84. The fourth-order valence-electron chi connectivity index (χ4n) is 1.02. The maximum absolute atomic E-state index is 11.5. The minimum Gasteiger partial charge on any atom is -0.505 e. The number of carbonyl (C=O) groups excluding carboxylic acids is 1. The minimum atomic E-state index is -0.389. The Labute approximate surface area is 95.9 Å². The zero-order valence-electron chi connectivity index (χ0n) is 7.96. The molecule has 0 radical (unpaired) electrons. The number of anilines is 1. The predicted molar refractivity (Wildman–Crippen MR) is 62.9 cm³/mol. The van der Waals surface area contributed by atoms with Gasteiger partial charge in [-0.1, -0.05) is 28.6 Å². The van der Waals surface area contributed by atoms with Crippen LogP contribution in [0, 0.1) is 0 Å². The quantitative estimate of drug-likeness (QED) is 0.577. The van der Waals surface area contributed by atoms with Crippen LogP contribution in [0.1, 0.15) is 10.4 Å². The molecule has 1 aromatic carbocycles. The van der Waals surface area contributed by atoms with Crippen LogP contribution < -0.4 is 11.1 Å². The van der Waals surface area contributed by atoms with Crippen molar-refractivity contribution in [3.63, 3.8) is 0 Å². The Morgan fingerprint density at radius 3 is 2.87 bits per heavy atom. The highest BCUT2D eigenvalue weighted by atomic mass is 79.9. The van der Waals surface area contributed by atoms with Crippen molar-refractivity contribution >= 4 is 27.5 Å². The maximum Gasteiger partial charge on any atom is 0.255 e. The van der Waals surface area contributed by atoms with Gasteiger partial charge in [0, 0.05) is 11.0 Å². The summed E-state index contributed by atoms with van der Waals surface area (Å²) in [5.41, 5.74) is 5.79. The van der Waals surface area contributed by atoms with Gasteiger partial charge in [0.25, 0.3) is 5.91 Å². The lowest BCUT2D eigenvalue weighted by Gasteiger charge is -2.07. The normalized spacial score (nSPS) is 9.67. The molecule has 0 aliphatic rings. The summed E-state index contributed by atoms with van der Waals surface area (Å²) < 4.78 is 0.652. The molecule has 80 valence electrons. The van der Waals surface area contributed by atoms with E-state index in [0.29, 0.717) is 11.0 Å². The first-order chi connectivity index (χ1) is 7.02. The van der Waals surface area contributed by atoms with Crippen LogP contribution in [0.4, 0.5) is 5.69 Å². The van der Waals surface area contributed by atoms with Crippen molar-refractivity contribution in [3.05, 3.63) is 34.8 Å². The molecule has 1 amide bonds. The van der Waals surface area contributed by atoms with E-state index in [4.69, 9.17) is 5.73 Å². The van der Waals surface area contributed by atoms with Crippen molar-refractivity contribution in [2.45, 2.75) is 0 Å². The van der Waals surface area contributed by atoms with E-state index in [2.05, 4.69) is 27.8 Å². The van der Waals surface area contributed by atoms with E-state index >= 15 is 0 Å². The molecule has 4 N–H and O–H groups in total. The summed E-state index contributed by atoms with van der Waals surface area (Å²) >= 11 is 3.11. The minimum absolute atomic E-state index is 0.156. The van der Waals surface area contributed by atoms with E-state index in [0.717, 1.165) is 0 Å². The number of amides is 1. The summed E-state index contributed by atoms with van der Waals surface area (Å²) in [7, 11) is 0. The Bertz CT molecular complexity index is 404. The van der Waals surface area contributed by atoms with E-state index in [1.807, 2.05) is 0 Å². The topological polar surface area (TPSA) is 75.4 Å². The molecule has 0 fully saturated rings. The van der Waals surface area contributed by atoms with E-state index < -0.39 is 0 Å². The van der Waals surface area contributed by atoms with E-state index in [1.54, 1.807) is 6.07 Å². The molecule has 0 saturated heterocycles. The van der Waals surface area contributed by atoms with Crippen LogP contribution in [-0.2, 0) is 0 Å². The smallest absolute Gasteiger partial charge is 0.255 e. The van der Waals surface area contributed by atoms with E-state index in [9.17, 15) is 9.90 Å². The standard InChI is InChI=1S/C10H11BrN2O2/c1-6(11)5-13-10(15)7-3-2-4-8(12)9(7)14/h2-4,14H,1,5,12H2,(H,13,15). The van der Waals surface area contributed by atoms with Gasteiger partial charge in [0.05, 0.1) is 11.3 Å². The SMILES string of the molecule is C=C(Br)CNC(=O)c1cccc(N)c1O. The number of benzene rings is 1. The molecule has 0 aromatic heterocycles. The Morgan fingerprint density at radius 1 is 1.60 bits per heavy atom. The van der Waals surface area contributed by atoms with Crippen molar-refractivity contribution in [2.75, 3.05) is 12.3 Å². The molecule has 0 unspecified atom stereocenters. The van der Waals surface area contributed by atoms with Crippen LogP contribution in [0.3, 0.4) is 0 Å². The number of nitrogens with two attached hydrogens (primary N) is 1. The summed E-state index contributed by atoms with van der Waals surface area (Å²) in [6.45, 7) is 3.87. The third-order valence-electron chi connectivity index (χ3n) is 1.75. The van der Waals surface area contributed by atoms with Crippen LogP contribution in [0.25, 0.3) is 0 Å². The first kappa shape index (κ1) is 11.6. The highest BCUT2D eigenvalue weighted by molar-refractivity contribution is 9.11. The molecular formula is C10H11BrN2O2. The molecule has 4 nitrogen and oxygen atoms in total. The third-order valence-corrected chi connectivity index (χ3v) is 2.03. The van der Waals surface area contributed by atoms with Crippen molar-refractivity contribution < 1.29 is 9.90 Å². The van der Waals surface area contributed by atoms with Crippen LogP contribution in [0.15, 0.2) is 29.3 Å². The number of phenolic OH excluding ortho intramolecular Hbond substituents is 1. The lowest BCUT2D eigenvalue weighted by Crippen LogP contribution is -2.24. The van der Waals surface area contributed by atoms with Crippen LogP contribution in [0.2, 0.25) is 0 Å². The van der Waals surface area contributed by atoms with Crippen LogP contribution >= 0.6 is 15.9 Å². The molecule has 0 aliphatic carbocycles. The lowest BCUT2D eigenvalue weighted by molar-refractivity contribution is 0.0955. The maximum atomic E-state index is 11.5. The number of phenols is 1. The summed E-state index contributed by atoms with van der Waals surface area (Å²) in [6.07, 6.45) is 0. The number of carbonyl (C=O) groups is 1. The van der Waals surface area contributed by atoms with Gasteiger partial charge >= 0.3 is 0 Å². The molecule has 0 saturated carbocycles. The summed E-state index contributed by atoms with van der Waals surface area (Å²) in [6, 6.07) is 4.63. The molecule has 5 heteroatoms. The number of nitrogen functional groups attached to an aromatic ring is 1. The van der Waals surface area contributed by atoms with Gasteiger partial charge in [-0.2, -0.15) is 0 Å². The molecule has 0 atom stereocenters. The van der Waals surface area contributed by atoms with Gasteiger partial charge in [-0.25, -0.2) is 0 Å². The first-order valence-electron chi connectivity index (χ1n) is 4.21. The fraction of sp³-hybridized carbons (Fsp3) is 0.100. The molecule has 0 bridgehead atoms. The summed E-state index contributed by atoms with van der Waals surface area (Å²) in [5.74, 6) is -0.587. The number of para-hydroxylation sites is 1. The van der Waals surface area contributed by atoms with E-state index in [-0.39, 0.29) is 22.9 Å². The average molecular weight is 271 g/mol. The first-order valence-corrected chi connectivity index (χ1v) is 5.00. The molecule has 1 aromatic rings. The van der Waals surface area contributed by atoms with Gasteiger partial charge in [-0.05, 0) is 12.1 Å². The summed E-state index contributed by atoms with van der Waals surface area (Å²) in [4.78, 5) is 11.5. The monoisotopic (exact) mass is 270 g/mol. The number of hydrogen-bond donors (Lipinski definition) is 3. The van der Waals surface area contributed by atoms with Crippen molar-refractivity contribution in [2.24, 2.45) is 0 Å². The van der Waals surface area contributed by atoms with Gasteiger partial charge in [-0.3, -0.25) is 4.79 Å². The molecule has 15 heavy (non-hydrogen) atoms. The summed E-state index contributed by atoms with van der Waals surface area (Å²) in [5, 5.41) is 12.1. The predicted octanol–water partition coefficient (Wildman–Crippen LogP) is 1.61. The Morgan fingerprint density at radius 2 is 2.27 bits per heavy atom. The Balaban J connectivity index is 2.82. The third kappa shape index (κ3) is 2.99. The molecule has 0 heterocycles. The molecule has 0 spiro atoms. The number of nitrogens with one attached hydrogen (secondary N) is 1. The van der Waals surface area contributed by atoms with Crippen LogP contribution in [0.5, 0.6) is 5.75 Å². The van der Waals surface area contributed by atoms with Gasteiger partial charge in [0.15, 0.2) is 5.75 Å². The van der Waals surface area contributed by atoms with Gasteiger partial charge in [0.1, 0.15) is 0 Å². The number of halogens is 1. The molecule has 1 rings (SSSR count). The Kier molecular flexibility index (Phi) is 3.74. The van der Waals surface area contributed by atoms with Gasteiger partial charge in [0.2, 0.25) is 0 Å². The van der Waals surface area contributed by atoms with Crippen molar-refractivity contribution in [1.82, 2.24) is 5.32 Å².